The Morgan fingerprint density at radius 3 is 2.51 bits per heavy atom. The molecule has 5 rings (SSSR count). The lowest BCUT2D eigenvalue weighted by atomic mass is 9.85. The van der Waals surface area contributed by atoms with E-state index in [1.54, 1.807) is 12.3 Å². The average molecular weight is 508 g/mol. The molecule has 1 atom stereocenters. The highest BCUT2D eigenvalue weighted by molar-refractivity contribution is 7.08. The van der Waals surface area contributed by atoms with Gasteiger partial charge in [-0.3, -0.25) is 14.7 Å². The Hall–Kier alpha value is -3.31. The normalized spacial score (nSPS) is 19.4. The molecule has 0 saturated carbocycles. The highest BCUT2D eigenvalue weighted by Gasteiger charge is 2.50. The number of aromatic nitrogens is 1. The number of nitrogens with zero attached hydrogens (tertiary/aromatic N) is 3. The molecular formula is C24H21F4N3O3S. The van der Waals surface area contributed by atoms with Crippen molar-refractivity contribution >= 4 is 28.9 Å². The largest absolute Gasteiger partial charge is 0.490 e. The number of anilines is 1. The number of benzene rings is 1. The SMILES string of the molecule is O=C(O)C(F)(F)F.O=C(c1ccsc1)N1CC2(CCN(Cc3ccccc3F)C2)c2ncccc21. The minimum atomic E-state index is -5.08. The molecule has 3 aromatic rings. The van der Waals surface area contributed by atoms with Crippen molar-refractivity contribution in [2.45, 2.75) is 24.6 Å². The monoisotopic (exact) mass is 507 g/mol. The van der Waals surface area contributed by atoms with Crippen LogP contribution in [-0.2, 0) is 16.8 Å². The second-order valence-corrected chi connectivity index (χ2v) is 9.19. The van der Waals surface area contributed by atoms with Crippen molar-refractivity contribution in [3.63, 3.8) is 0 Å². The van der Waals surface area contributed by atoms with Gasteiger partial charge in [-0.25, -0.2) is 9.18 Å². The lowest BCUT2D eigenvalue weighted by Gasteiger charge is -2.25. The van der Waals surface area contributed by atoms with Gasteiger partial charge in [-0.1, -0.05) is 18.2 Å². The molecule has 1 amide bonds. The molecule has 6 nitrogen and oxygen atoms in total. The van der Waals surface area contributed by atoms with Crippen molar-refractivity contribution in [3.05, 3.63) is 82.1 Å². The maximum Gasteiger partial charge on any atom is 0.490 e. The van der Waals surface area contributed by atoms with Crippen LogP contribution in [0.2, 0.25) is 0 Å². The molecule has 2 aliphatic rings. The van der Waals surface area contributed by atoms with E-state index in [4.69, 9.17) is 9.90 Å². The van der Waals surface area contributed by atoms with Gasteiger partial charge in [0.25, 0.3) is 5.91 Å². The predicted octanol–water partition coefficient (Wildman–Crippen LogP) is 4.72. The summed E-state index contributed by atoms with van der Waals surface area (Å²) in [5.74, 6) is -2.89. The van der Waals surface area contributed by atoms with E-state index < -0.39 is 12.1 Å². The van der Waals surface area contributed by atoms with Crippen molar-refractivity contribution in [2.24, 2.45) is 0 Å². The number of likely N-dealkylation sites (tertiary alicyclic amines) is 1. The van der Waals surface area contributed by atoms with Crippen LogP contribution in [0.5, 0.6) is 0 Å². The molecule has 2 aromatic heterocycles. The van der Waals surface area contributed by atoms with Gasteiger partial charge in [0.2, 0.25) is 0 Å². The van der Waals surface area contributed by atoms with E-state index >= 15 is 0 Å². The Labute approximate surface area is 202 Å². The number of carboxylic acids is 1. The molecule has 1 fully saturated rings. The second kappa shape index (κ2) is 9.74. The zero-order valence-electron chi connectivity index (χ0n) is 18.3. The van der Waals surface area contributed by atoms with E-state index in [9.17, 15) is 22.4 Å². The van der Waals surface area contributed by atoms with Crippen LogP contribution in [0.15, 0.2) is 59.4 Å². The molecule has 0 bridgehead atoms. The lowest BCUT2D eigenvalue weighted by Crippen LogP contribution is -2.39. The molecule has 35 heavy (non-hydrogen) atoms. The molecular weight excluding hydrogens is 486 g/mol. The third kappa shape index (κ3) is 5.20. The first-order valence-electron chi connectivity index (χ1n) is 10.7. The van der Waals surface area contributed by atoms with Crippen LogP contribution >= 0.6 is 11.3 Å². The van der Waals surface area contributed by atoms with Gasteiger partial charge >= 0.3 is 12.1 Å². The van der Waals surface area contributed by atoms with Crippen LogP contribution in [0.1, 0.15) is 28.0 Å². The second-order valence-electron chi connectivity index (χ2n) is 8.41. The summed E-state index contributed by atoms with van der Waals surface area (Å²) in [5.41, 5.74) is 3.15. The van der Waals surface area contributed by atoms with Gasteiger partial charge in [-0.2, -0.15) is 24.5 Å². The summed E-state index contributed by atoms with van der Waals surface area (Å²) < 4.78 is 45.8. The first-order chi connectivity index (χ1) is 16.6. The van der Waals surface area contributed by atoms with Gasteiger partial charge in [0, 0.05) is 42.2 Å². The number of halogens is 4. The molecule has 1 unspecified atom stereocenters. The molecule has 11 heteroatoms. The molecule has 1 aromatic carbocycles. The van der Waals surface area contributed by atoms with E-state index in [2.05, 4.69) is 9.88 Å². The highest BCUT2D eigenvalue weighted by atomic mass is 32.1. The van der Waals surface area contributed by atoms with Gasteiger partial charge < -0.3 is 10.0 Å². The molecule has 4 heterocycles. The molecule has 0 radical (unpaired) electrons. The Kier molecular flexibility index (Phi) is 6.91. The molecule has 2 aliphatic heterocycles. The number of carbonyl (C=O) groups is 2. The van der Waals surface area contributed by atoms with Gasteiger partial charge in [-0.15, -0.1) is 0 Å². The van der Waals surface area contributed by atoms with E-state index in [0.717, 1.165) is 36.5 Å². The Balaban J connectivity index is 0.000000364. The number of aliphatic carboxylic acids is 1. The number of carboxylic acid groups (broad SMARTS) is 1. The van der Waals surface area contributed by atoms with Crippen LogP contribution in [0.3, 0.4) is 0 Å². The summed E-state index contributed by atoms with van der Waals surface area (Å²) in [6.07, 6.45) is -2.36. The Morgan fingerprint density at radius 1 is 1.11 bits per heavy atom. The maximum atomic E-state index is 14.1. The Morgan fingerprint density at radius 2 is 1.86 bits per heavy atom. The van der Waals surface area contributed by atoms with E-state index in [1.165, 1.54) is 17.4 Å². The van der Waals surface area contributed by atoms with Crippen molar-refractivity contribution in [1.29, 1.82) is 0 Å². The molecule has 0 aliphatic carbocycles. The standard InChI is InChI=1S/C22H20FN3OS.C2HF3O2/c23-18-5-2-1-4-16(18)12-25-10-8-22(14-25)15-26(19-6-3-9-24-20(19)22)21(27)17-7-11-28-13-17;3-2(4,5)1(6)7/h1-7,9,11,13H,8,10,12,14-15H2;(H,6,7). The fraction of sp³-hybridized carbons (Fsp3) is 0.292. The number of fused-ring (bicyclic) bond motifs is 2. The van der Waals surface area contributed by atoms with Gasteiger partial charge in [-0.05, 0) is 42.6 Å². The number of alkyl halides is 3. The summed E-state index contributed by atoms with van der Waals surface area (Å²) in [7, 11) is 0. The number of hydrogen-bond acceptors (Lipinski definition) is 5. The molecule has 184 valence electrons. The summed E-state index contributed by atoms with van der Waals surface area (Å²) in [6.45, 7) is 2.85. The van der Waals surface area contributed by atoms with E-state index in [0.29, 0.717) is 18.7 Å². The lowest BCUT2D eigenvalue weighted by molar-refractivity contribution is -0.192. The third-order valence-electron chi connectivity index (χ3n) is 6.08. The van der Waals surface area contributed by atoms with E-state index in [1.807, 2.05) is 46.0 Å². The number of hydrogen-bond donors (Lipinski definition) is 1. The van der Waals surface area contributed by atoms with Gasteiger partial charge in [0.1, 0.15) is 5.82 Å². The average Bonchev–Trinajstić information content (AvgIpc) is 3.56. The number of rotatable bonds is 3. The van der Waals surface area contributed by atoms with Crippen molar-refractivity contribution < 1.29 is 32.3 Å². The topological polar surface area (TPSA) is 73.7 Å². The van der Waals surface area contributed by atoms with Crippen LogP contribution in [-0.4, -0.2) is 52.7 Å². The van der Waals surface area contributed by atoms with E-state index in [-0.39, 0.29) is 17.1 Å². The van der Waals surface area contributed by atoms with Crippen molar-refractivity contribution in [2.75, 3.05) is 24.5 Å². The van der Waals surface area contributed by atoms with Crippen LogP contribution in [0.25, 0.3) is 0 Å². The smallest absolute Gasteiger partial charge is 0.475 e. The highest BCUT2D eigenvalue weighted by Crippen LogP contribution is 2.45. The zero-order valence-corrected chi connectivity index (χ0v) is 19.2. The number of carbonyl (C=O) groups excluding carboxylic acids is 1. The molecule has 1 spiro atoms. The van der Waals surface area contributed by atoms with Crippen molar-refractivity contribution in [3.8, 4) is 0 Å². The fourth-order valence-corrected chi connectivity index (χ4v) is 5.12. The van der Waals surface area contributed by atoms with Crippen LogP contribution < -0.4 is 4.90 Å². The van der Waals surface area contributed by atoms with Crippen LogP contribution in [0.4, 0.5) is 23.2 Å². The zero-order chi connectivity index (χ0) is 25.2. The molecule has 1 saturated heterocycles. The minimum absolute atomic E-state index is 0.0277. The maximum absolute atomic E-state index is 14.1. The number of pyridine rings is 1. The molecule has 1 N–H and O–H groups in total. The Bertz CT molecular complexity index is 1220. The van der Waals surface area contributed by atoms with Crippen LogP contribution in [0, 0.1) is 5.82 Å². The first kappa shape index (κ1) is 24.8. The predicted molar refractivity (Wildman–Crippen MR) is 122 cm³/mol. The summed E-state index contributed by atoms with van der Waals surface area (Å²) in [6, 6.07) is 12.7. The first-order valence-corrected chi connectivity index (χ1v) is 11.6. The minimum Gasteiger partial charge on any atom is -0.475 e. The van der Waals surface area contributed by atoms with Crippen molar-refractivity contribution in [1.82, 2.24) is 9.88 Å². The summed E-state index contributed by atoms with van der Waals surface area (Å²) >= 11 is 1.53. The quantitative estimate of drug-likeness (QED) is 0.520. The summed E-state index contributed by atoms with van der Waals surface area (Å²) in [4.78, 5) is 30.8. The summed E-state index contributed by atoms with van der Waals surface area (Å²) in [5, 5.41) is 10.9. The van der Waals surface area contributed by atoms with Gasteiger partial charge in [0.15, 0.2) is 0 Å². The third-order valence-corrected chi connectivity index (χ3v) is 6.76. The number of amides is 1. The van der Waals surface area contributed by atoms with Gasteiger partial charge in [0.05, 0.1) is 16.9 Å². The fourth-order valence-electron chi connectivity index (χ4n) is 4.49. The number of thiophene rings is 1.